The molecule has 1 aliphatic heterocycles. The predicted octanol–water partition coefficient (Wildman–Crippen LogP) is 2.40. The number of primary amides is 1. The van der Waals surface area contributed by atoms with Crippen molar-refractivity contribution < 1.29 is 14.3 Å². The second-order valence-electron chi connectivity index (χ2n) is 7.60. The second-order valence-corrected chi connectivity index (χ2v) is 7.60. The van der Waals surface area contributed by atoms with Crippen LogP contribution in [0.25, 0.3) is 21.9 Å². The Morgan fingerprint density at radius 3 is 2.81 bits per heavy atom. The molecule has 0 bridgehead atoms. The largest absolute Gasteiger partial charge is 0.481 e. The zero-order valence-electron chi connectivity index (χ0n) is 17.6. The number of anilines is 1. The normalized spacial score (nSPS) is 20.8. The first-order chi connectivity index (χ1) is 15.0. The van der Waals surface area contributed by atoms with Crippen LogP contribution in [0.15, 0.2) is 47.7 Å². The number of imidazole rings is 1. The summed E-state index contributed by atoms with van der Waals surface area (Å²) in [5, 5.41) is 1.01. The Morgan fingerprint density at radius 1 is 1.26 bits per heavy atom. The summed E-state index contributed by atoms with van der Waals surface area (Å²) < 4.78 is 12.7. The second kappa shape index (κ2) is 8.35. The van der Waals surface area contributed by atoms with Gasteiger partial charge in [-0.2, -0.15) is 0 Å². The number of fused-ring (bicyclic) bond motifs is 3. The molecule has 0 radical (unpaired) electrons. The Kier molecular flexibility index (Phi) is 5.60. The van der Waals surface area contributed by atoms with Gasteiger partial charge in [-0.3, -0.25) is 4.79 Å². The number of nitrogens with two attached hydrogens (primary N) is 2. The van der Waals surface area contributed by atoms with Crippen LogP contribution in [0.2, 0.25) is 0 Å². The zero-order chi connectivity index (χ0) is 22.0. The fourth-order valence-corrected chi connectivity index (χ4v) is 4.17. The molecule has 31 heavy (non-hydrogen) atoms. The van der Waals surface area contributed by atoms with Crippen LogP contribution in [0.3, 0.4) is 0 Å². The number of unbranched alkanes of at least 4 members (excludes halogenated alkanes) is 1. The van der Waals surface area contributed by atoms with E-state index in [4.69, 9.17) is 20.9 Å². The van der Waals surface area contributed by atoms with Gasteiger partial charge in [0.25, 0.3) is 0 Å². The van der Waals surface area contributed by atoms with E-state index in [2.05, 4.69) is 19.5 Å². The van der Waals surface area contributed by atoms with E-state index < -0.39 is 17.6 Å². The van der Waals surface area contributed by atoms with E-state index in [-0.39, 0.29) is 0 Å². The number of carbonyl (C=O) groups is 1. The summed E-state index contributed by atoms with van der Waals surface area (Å²) in [7, 11) is 3.04. The quantitative estimate of drug-likeness (QED) is 0.562. The number of ether oxygens (including phenoxy) is 2. The van der Waals surface area contributed by atoms with E-state index in [1.807, 2.05) is 24.3 Å². The molecule has 1 aliphatic rings. The molecule has 9 nitrogen and oxygen atoms in total. The first-order valence-electron chi connectivity index (χ1n) is 10.1. The van der Waals surface area contributed by atoms with E-state index in [0.29, 0.717) is 30.2 Å². The molecule has 4 rings (SSSR count). The highest BCUT2D eigenvalue weighted by molar-refractivity contribution is 6.06. The molecule has 4 N–H and O–H groups in total. The first kappa shape index (κ1) is 20.8. The Labute approximate surface area is 179 Å². The number of hydrogen-bond acceptors (Lipinski definition) is 7. The molecular formula is C22H26N6O3. The minimum Gasteiger partial charge on any atom is -0.481 e. The van der Waals surface area contributed by atoms with Crippen LogP contribution in [-0.4, -0.2) is 46.8 Å². The highest BCUT2D eigenvalue weighted by Crippen LogP contribution is 2.36. The molecule has 0 saturated heterocycles. The van der Waals surface area contributed by atoms with Crippen LogP contribution in [-0.2, 0) is 20.8 Å². The van der Waals surface area contributed by atoms with E-state index in [0.717, 1.165) is 29.3 Å². The predicted molar refractivity (Wildman–Crippen MR) is 119 cm³/mol. The molecule has 162 valence electrons. The lowest BCUT2D eigenvalue weighted by Crippen LogP contribution is -2.47. The topological polar surface area (TPSA) is 131 Å². The van der Waals surface area contributed by atoms with Gasteiger partial charge in [0.05, 0.1) is 24.5 Å². The SMILES string of the molecule is COC1=NC(OC)C(CCCCn2cnc3c(N)nc4ccccc4c32)(C(N)=O)C=C1. The van der Waals surface area contributed by atoms with Gasteiger partial charge in [0.1, 0.15) is 10.9 Å². The molecule has 3 heterocycles. The van der Waals surface area contributed by atoms with Crippen molar-refractivity contribution in [3.05, 3.63) is 42.7 Å². The van der Waals surface area contributed by atoms with Crippen LogP contribution < -0.4 is 11.5 Å². The maximum atomic E-state index is 12.4. The summed E-state index contributed by atoms with van der Waals surface area (Å²) in [4.78, 5) is 25.6. The molecule has 0 fully saturated rings. The van der Waals surface area contributed by atoms with E-state index >= 15 is 0 Å². The molecule has 2 atom stereocenters. The summed E-state index contributed by atoms with van der Waals surface area (Å²) in [5.74, 6) is 0.362. The number of benzene rings is 1. The molecule has 0 spiro atoms. The van der Waals surface area contributed by atoms with Gasteiger partial charge in [-0.25, -0.2) is 15.0 Å². The fraction of sp³-hybridized carbons (Fsp3) is 0.364. The molecule has 1 amide bonds. The van der Waals surface area contributed by atoms with Gasteiger partial charge in [0, 0.05) is 19.0 Å². The molecule has 0 saturated carbocycles. The van der Waals surface area contributed by atoms with Crippen molar-refractivity contribution in [2.24, 2.45) is 16.1 Å². The number of nitrogens with zero attached hydrogens (tertiary/aromatic N) is 4. The maximum Gasteiger partial charge on any atom is 0.232 e. The maximum absolute atomic E-state index is 12.4. The van der Waals surface area contributed by atoms with E-state index in [9.17, 15) is 4.79 Å². The summed E-state index contributed by atoms with van der Waals surface area (Å²) >= 11 is 0. The summed E-state index contributed by atoms with van der Waals surface area (Å²) in [6.45, 7) is 0.715. The lowest BCUT2D eigenvalue weighted by molar-refractivity contribution is -0.132. The third kappa shape index (κ3) is 3.61. The standard InChI is InChI=1S/C22H26N6O3/c1-30-16-9-11-22(20(24)29,21(27-16)31-2)10-5-6-12-28-13-25-17-18(28)14-7-3-4-8-15(14)26-19(17)23/h3-4,7-9,11,13,21H,5-6,10,12H2,1-2H3,(H2,23,26)(H2,24,29). The average Bonchev–Trinajstić information content (AvgIpc) is 3.21. The van der Waals surface area contributed by atoms with Crippen molar-refractivity contribution in [2.75, 3.05) is 20.0 Å². The fourth-order valence-electron chi connectivity index (χ4n) is 4.17. The van der Waals surface area contributed by atoms with Crippen molar-refractivity contribution in [1.82, 2.24) is 14.5 Å². The summed E-state index contributed by atoms with van der Waals surface area (Å²) in [5.41, 5.74) is 13.4. The highest BCUT2D eigenvalue weighted by Gasteiger charge is 2.44. The monoisotopic (exact) mass is 422 g/mol. The summed E-state index contributed by atoms with van der Waals surface area (Å²) in [6, 6.07) is 7.87. The molecular weight excluding hydrogens is 396 g/mol. The lowest BCUT2D eigenvalue weighted by atomic mass is 9.78. The Morgan fingerprint density at radius 2 is 2.06 bits per heavy atom. The Bertz CT molecular complexity index is 1180. The smallest absolute Gasteiger partial charge is 0.232 e. The van der Waals surface area contributed by atoms with Crippen LogP contribution >= 0.6 is 0 Å². The molecule has 2 unspecified atom stereocenters. The van der Waals surface area contributed by atoms with Crippen molar-refractivity contribution in [2.45, 2.75) is 32.0 Å². The van der Waals surface area contributed by atoms with Gasteiger partial charge in [0.15, 0.2) is 12.0 Å². The van der Waals surface area contributed by atoms with Gasteiger partial charge >= 0.3 is 0 Å². The number of methoxy groups -OCH3 is 2. The number of para-hydroxylation sites is 1. The van der Waals surface area contributed by atoms with Crippen molar-refractivity contribution in [1.29, 1.82) is 0 Å². The number of nitrogen functional groups attached to an aromatic ring is 1. The van der Waals surface area contributed by atoms with Gasteiger partial charge in [0.2, 0.25) is 11.8 Å². The average molecular weight is 422 g/mol. The number of hydrogen-bond donors (Lipinski definition) is 2. The lowest BCUT2D eigenvalue weighted by Gasteiger charge is -2.34. The molecule has 2 aromatic heterocycles. The van der Waals surface area contributed by atoms with E-state index in [1.54, 1.807) is 18.5 Å². The number of carbonyl (C=O) groups excluding carboxylic acids is 1. The Balaban J connectivity index is 1.52. The number of pyridine rings is 1. The number of dihydropyridines is 1. The third-order valence-electron chi connectivity index (χ3n) is 5.82. The van der Waals surface area contributed by atoms with E-state index in [1.165, 1.54) is 14.2 Å². The highest BCUT2D eigenvalue weighted by atomic mass is 16.5. The molecule has 3 aromatic rings. The van der Waals surface area contributed by atoms with Crippen LogP contribution in [0, 0.1) is 5.41 Å². The summed E-state index contributed by atoms with van der Waals surface area (Å²) in [6.07, 6.45) is 6.55. The van der Waals surface area contributed by atoms with Crippen LogP contribution in [0.5, 0.6) is 0 Å². The number of amides is 1. The minimum absolute atomic E-state index is 0.409. The third-order valence-corrected chi connectivity index (χ3v) is 5.82. The van der Waals surface area contributed by atoms with Crippen molar-refractivity contribution in [3.8, 4) is 0 Å². The molecule has 9 heteroatoms. The Hall–Kier alpha value is -3.46. The van der Waals surface area contributed by atoms with Crippen molar-refractivity contribution >= 4 is 39.6 Å². The van der Waals surface area contributed by atoms with Gasteiger partial charge < -0.3 is 25.5 Å². The molecule has 1 aromatic carbocycles. The number of aryl methyl sites for hydroxylation is 1. The zero-order valence-corrected chi connectivity index (χ0v) is 17.6. The van der Waals surface area contributed by atoms with Gasteiger partial charge in [-0.15, -0.1) is 0 Å². The van der Waals surface area contributed by atoms with Crippen molar-refractivity contribution in [3.63, 3.8) is 0 Å². The molecule has 0 aliphatic carbocycles. The minimum atomic E-state index is -1.01. The van der Waals surface area contributed by atoms with Gasteiger partial charge in [-0.05, 0) is 25.0 Å². The van der Waals surface area contributed by atoms with Crippen LogP contribution in [0.4, 0.5) is 5.82 Å². The number of aromatic nitrogens is 3. The van der Waals surface area contributed by atoms with Crippen LogP contribution in [0.1, 0.15) is 19.3 Å². The number of rotatable bonds is 7. The van der Waals surface area contributed by atoms with Gasteiger partial charge in [-0.1, -0.05) is 30.7 Å². The number of aliphatic imine (C=N–C) groups is 1. The first-order valence-corrected chi connectivity index (χ1v) is 10.1.